The molecule has 188 valence electrons. The lowest BCUT2D eigenvalue weighted by atomic mass is 10.0. The predicted octanol–water partition coefficient (Wildman–Crippen LogP) is 3.69. The van der Waals surface area contributed by atoms with Crippen LogP contribution >= 0.6 is 11.6 Å². The first kappa shape index (κ1) is 24.1. The van der Waals surface area contributed by atoms with E-state index in [4.69, 9.17) is 21.1 Å². The minimum absolute atomic E-state index is 0.00892. The minimum atomic E-state index is -0.243. The smallest absolute Gasteiger partial charge is 0.255 e. The number of aromatic nitrogens is 2. The SMILES string of the molecule is Cc1c(Cl)cccc1Nc1c(-c2ccncc2OCC2CN(C=O)CCO2)[nH]c2c1C(=O)NC(C)C2. The summed E-state index contributed by atoms with van der Waals surface area (Å²) in [6.07, 6.45) is 4.59. The highest BCUT2D eigenvalue weighted by atomic mass is 35.5. The Morgan fingerprint density at radius 1 is 1.36 bits per heavy atom. The minimum Gasteiger partial charge on any atom is -0.488 e. The summed E-state index contributed by atoms with van der Waals surface area (Å²) >= 11 is 6.37. The number of nitrogens with zero attached hydrogens (tertiary/aromatic N) is 2. The fourth-order valence-corrected chi connectivity index (χ4v) is 4.81. The van der Waals surface area contributed by atoms with Crippen LogP contribution in [-0.2, 0) is 16.0 Å². The fourth-order valence-electron chi connectivity index (χ4n) is 4.64. The van der Waals surface area contributed by atoms with Crippen molar-refractivity contribution < 1.29 is 19.1 Å². The van der Waals surface area contributed by atoms with Crippen molar-refractivity contribution >= 4 is 35.3 Å². The van der Waals surface area contributed by atoms with Crippen LogP contribution in [0.4, 0.5) is 11.4 Å². The van der Waals surface area contributed by atoms with Gasteiger partial charge in [0.15, 0.2) is 0 Å². The summed E-state index contributed by atoms with van der Waals surface area (Å²) in [4.78, 5) is 33.7. The highest BCUT2D eigenvalue weighted by molar-refractivity contribution is 6.31. The second-order valence-electron chi connectivity index (χ2n) is 9.12. The average molecular weight is 510 g/mol. The molecule has 3 N–H and O–H groups in total. The zero-order chi connectivity index (χ0) is 25.2. The maximum atomic E-state index is 13.1. The Labute approximate surface area is 214 Å². The van der Waals surface area contributed by atoms with Crippen molar-refractivity contribution in [3.63, 3.8) is 0 Å². The number of hydrogen-bond donors (Lipinski definition) is 3. The molecule has 2 aliphatic rings. The summed E-state index contributed by atoms with van der Waals surface area (Å²) in [7, 11) is 0. The number of fused-ring (bicyclic) bond motifs is 1. The number of benzene rings is 1. The number of nitrogens with one attached hydrogen (secondary N) is 3. The lowest BCUT2D eigenvalue weighted by molar-refractivity contribution is -0.126. The molecule has 1 fully saturated rings. The summed E-state index contributed by atoms with van der Waals surface area (Å²) in [5.74, 6) is 0.400. The summed E-state index contributed by atoms with van der Waals surface area (Å²) < 4.78 is 11.9. The molecule has 0 aliphatic carbocycles. The van der Waals surface area contributed by atoms with Crippen LogP contribution in [-0.4, -0.2) is 65.6 Å². The number of halogens is 1. The van der Waals surface area contributed by atoms with Gasteiger partial charge >= 0.3 is 0 Å². The average Bonchev–Trinajstić information content (AvgIpc) is 3.23. The summed E-state index contributed by atoms with van der Waals surface area (Å²) in [6.45, 7) is 5.68. The Bertz CT molecular complexity index is 1290. The number of carbonyl (C=O) groups is 2. The number of amides is 2. The molecule has 1 saturated heterocycles. The molecule has 4 heterocycles. The number of carbonyl (C=O) groups excluding carboxylic acids is 2. The van der Waals surface area contributed by atoms with Gasteiger partial charge < -0.3 is 30.0 Å². The van der Waals surface area contributed by atoms with Crippen molar-refractivity contribution in [2.24, 2.45) is 0 Å². The number of anilines is 2. The van der Waals surface area contributed by atoms with Gasteiger partial charge in [0.1, 0.15) is 18.5 Å². The van der Waals surface area contributed by atoms with E-state index in [1.165, 1.54) is 0 Å². The van der Waals surface area contributed by atoms with Gasteiger partial charge in [-0.25, -0.2) is 0 Å². The van der Waals surface area contributed by atoms with E-state index in [9.17, 15) is 9.59 Å². The molecule has 10 heteroatoms. The Morgan fingerprint density at radius 2 is 2.22 bits per heavy atom. The summed E-state index contributed by atoms with van der Waals surface area (Å²) in [5.41, 5.74) is 5.23. The first-order chi connectivity index (χ1) is 17.4. The second kappa shape index (κ2) is 10.2. The first-order valence-electron chi connectivity index (χ1n) is 11.9. The number of H-pyrrole nitrogens is 1. The van der Waals surface area contributed by atoms with Gasteiger partial charge in [-0.3, -0.25) is 14.6 Å². The fraction of sp³-hybridized carbons (Fsp3) is 0.346. The van der Waals surface area contributed by atoms with Crippen molar-refractivity contribution in [3.05, 3.63) is 58.5 Å². The molecule has 9 nitrogen and oxygen atoms in total. The molecule has 0 spiro atoms. The molecule has 2 atom stereocenters. The van der Waals surface area contributed by atoms with Crippen LogP contribution in [0.15, 0.2) is 36.7 Å². The van der Waals surface area contributed by atoms with E-state index in [2.05, 4.69) is 20.6 Å². The zero-order valence-corrected chi connectivity index (χ0v) is 20.9. The van der Waals surface area contributed by atoms with E-state index in [0.717, 1.165) is 34.6 Å². The van der Waals surface area contributed by atoms with Crippen LogP contribution in [0.5, 0.6) is 5.75 Å². The van der Waals surface area contributed by atoms with Gasteiger partial charge in [0.25, 0.3) is 5.91 Å². The summed E-state index contributed by atoms with van der Waals surface area (Å²) in [5, 5.41) is 7.12. The predicted molar refractivity (Wildman–Crippen MR) is 137 cm³/mol. The van der Waals surface area contributed by atoms with Gasteiger partial charge in [-0.2, -0.15) is 0 Å². The highest BCUT2D eigenvalue weighted by Gasteiger charge is 2.31. The molecule has 2 aliphatic heterocycles. The number of hydrogen-bond acceptors (Lipinski definition) is 6. The molecule has 0 radical (unpaired) electrons. The Kier molecular flexibility index (Phi) is 6.84. The third-order valence-corrected chi connectivity index (χ3v) is 6.93. The highest BCUT2D eigenvalue weighted by Crippen LogP contribution is 2.41. The van der Waals surface area contributed by atoms with Crippen LogP contribution in [0.25, 0.3) is 11.3 Å². The molecular formula is C26H28ClN5O4. The normalized spacial score (nSPS) is 19.4. The number of aromatic amines is 1. The van der Waals surface area contributed by atoms with E-state index >= 15 is 0 Å². The van der Waals surface area contributed by atoms with Crippen LogP contribution in [0.3, 0.4) is 0 Å². The molecule has 2 unspecified atom stereocenters. The van der Waals surface area contributed by atoms with Gasteiger partial charge in [0, 0.05) is 47.2 Å². The van der Waals surface area contributed by atoms with Crippen LogP contribution in [0.1, 0.15) is 28.5 Å². The molecule has 0 bridgehead atoms. The monoisotopic (exact) mass is 509 g/mol. The molecular weight excluding hydrogens is 482 g/mol. The maximum absolute atomic E-state index is 13.1. The maximum Gasteiger partial charge on any atom is 0.255 e. The molecule has 2 amide bonds. The first-order valence-corrected chi connectivity index (χ1v) is 12.3. The number of rotatable bonds is 7. The van der Waals surface area contributed by atoms with Crippen molar-refractivity contribution in [1.82, 2.24) is 20.2 Å². The van der Waals surface area contributed by atoms with Gasteiger partial charge in [-0.1, -0.05) is 17.7 Å². The van der Waals surface area contributed by atoms with Crippen LogP contribution in [0.2, 0.25) is 5.02 Å². The lowest BCUT2D eigenvalue weighted by Gasteiger charge is -2.30. The van der Waals surface area contributed by atoms with Crippen LogP contribution < -0.4 is 15.4 Å². The van der Waals surface area contributed by atoms with Crippen molar-refractivity contribution in [2.45, 2.75) is 32.4 Å². The van der Waals surface area contributed by atoms with E-state index in [1.807, 2.05) is 38.1 Å². The largest absolute Gasteiger partial charge is 0.488 e. The Hall–Kier alpha value is -3.56. The van der Waals surface area contributed by atoms with Gasteiger partial charge in [-0.15, -0.1) is 0 Å². The lowest BCUT2D eigenvalue weighted by Crippen LogP contribution is -2.44. The van der Waals surface area contributed by atoms with E-state index in [1.54, 1.807) is 17.3 Å². The third-order valence-electron chi connectivity index (χ3n) is 6.52. The molecule has 2 aromatic heterocycles. The molecule has 3 aromatic rings. The third kappa shape index (κ3) is 4.76. The van der Waals surface area contributed by atoms with E-state index in [-0.39, 0.29) is 24.7 Å². The molecule has 0 saturated carbocycles. The van der Waals surface area contributed by atoms with Gasteiger partial charge in [0.2, 0.25) is 6.41 Å². The van der Waals surface area contributed by atoms with Crippen LogP contribution in [0, 0.1) is 6.92 Å². The van der Waals surface area contributed by atoms with Gasteiger partial charge in [-0.05, 0) is 37.6 Å². The Balaban J connectivity index is 1.52. The zero-order valence-electron chi connectivity index (χ0n) is 20.1. The molecule has 5 rings (SSSR count). The van der Waals surface area contributed by atoms with Gasteiger partial charge in [0.05, 0.1) is 36.3 Å². The molecule has 36 heavy (non-hydrogen) atoms. The summed E-state index contributed by atoms with van der Waals surface area (Å²) in [6, 6.07) is 7.49. The number of pyridine rings is 1. The number of morpholine rings is 1. The quantitative estimate of drug-likeness (QED) is 0.419. The standard InChI is InChI=1S/C26H28ClN5O4/c1-15-10-21-23(26(34)29-15)25(30-20-5-3-4-19(27)16(20)2)24(31-21)18-6-7-28-11-22(18)36-13-17-12-32(14-33)8-9-35-17/h3-7,11,14-15,17,30-31H,8-10,12-13H2,1-2H3,(H,29,34). The van der Waals surface area contributed by atoms with Crippen molar-refractivity contribution in [1.29, 1.82) is 0 Å². The van der Waals surface area contributed by atoms with E-state index in [0.29, 0.717) is 48.1 Å². The molecule has 1 aromatic carbocycles. The topological polar surface area (TPSA) is 109 Å². The number of ether oxygens (including phenoxy) is 2. The second-order valence-corrected chi connectivity index (χ2v) is 9.53. The van der Waals surface area contributed by atoms with E-state index < -0.39 is 0 Å². The van der Waals surface area contributed by atoms with Crippen molar-refractivity contribution in [3.8, 4) is 17.0 Å². The Morgan fingerprint density at radius 3 is 3.06 bits per heavy atom. The van der Waals surface area contributed by atoms with Crippen molar-refractivity contribution in [2.75, 3.05) is 31.6 Å².